The van der Waals surface area contributed by atoms with Crippen LogP contribution in [0.5, 0.6) is 0 Å². The van der Waals surface area contributed by atoms with E-state index in [1.807, 2.05) is 0 Å². The van der Waals surface area contributed by atoms with Gasteiger partial charge in [-0.3, -0.25) is 4.79 Å². The number of rotatable bonds is 10. The largest absolute Gasteiger partial charge is 0.453 e. The van der Waals surface area contributed by atoms with Gasteiger partial charge in [-0.1, -0.05) is 30.3 Å². The summed E-state index contributed by atoms with van der Waals surface area (Å²) in [6, 6.07) is 11.2. The topological polar surface area (TPSA) is 98.8 Å². The molecule has 0 amide bonds. The van der Waals surface area contributed by atoms with Gasteiger partial charge in [-0.15, -0.1) is 11.3 Å². The molecule has 0 unspecified atom stereocenters. The summed E-state index contributed by atoms with van der Waals surface area (Å²) < 4.78 is 49.8. The van der Waals surface area contributed by atoms with Crippen LogP contribution in [0.1, 0.15) is 31.2 Å². The lowest BCUT2D eigenvalue weighted by atomic mass is 10.1. The highest BCUT2D eigenvalue weighted by molar-refractivity contribution is 7.88. The van der Waals surface area contributed by atoms with E-state index >= 15 is 0 Å². The SMILES string of the molecule is COCc1c(C(=O)OCC(=O)c2ccc(CCNS(C)(=O)=O)cc2)sc2cccc(F)c12. The Hall–Kier alpha value is -2.66. The fourth-order valence-corrected chi connectivity index (χ4v) is 4.72. The molecule has 1 aromatic heterocycles. The maximum absolute atomic E-state index is 14.3. The number of benzene rings is 2. The van der Waals surface area contributed by atoms with Crippen molar-refractivity contribution in [3.05, 3.63) is 69.8 Å². The Bertz CT molecular complexity index is 1240. The molecule has 7 nitrogen and oxygen atoms in total. The van der Waals surface area contributed by atoms with Crippen LogP contribution in [0, 0.1) is 5.82 Å². The van der Waals surface area contributed by atoms with Gasteiger partial charge in [0.05, 0.1) is 12.9 Å². The van der Waals surface area contributed by atoms with Crippen molar-refractivity contribution in [2.75, 3.05) is 26.5 Å². The Labute approximate surface area is 189 Å². The highest BCUT2D eigenvalue weighted by Crippen LogP contribution is 2.34. The van der Waals surface area contributed by atoms with Crippen molar-refractivity contribution in [1.29, 1.82) is 0 Å². The van der Waals surface area contributed by atoms with Crippen LogP contribution < -0.4 is 4.72 Å². The van der Waals surface area contributed by atoms with Crippen molar-refractivity contribution in [3.63, 3.8) is 0 Å². The van der Waals surface area contributed by atoms with Crippen molar-refractivity contribution in [2.45, 2.75) is 13.0 Å². The van der Waals surface area contributed by atoms with Crippen molar-refractivity contribution < 1.29 is 31.9 Å². The number of carbonyl (C=O) groups is 2. The molecule has 32 heavy (non-hydrogen) atoms. The fourth-order valence-electron chi connectivity index (χ4n) is 3.13. The Morgan fingerprint density at radius 2 is 1.84 bits per heavy atom. The van der Waals surface area contributed by atoms with Gasteiger partial charge < -0.3 is 9.47 Å². The monoisotopic (exact) mass is 479 g/mol. The minimum absolute atomic E-state index is 0.0367. The summed E-state index contributed by atoms with van der Waals surface area (Å²) in [6.45, 7) is -0.171. The Kier molecular flexibility index (Phi) is 7.73. The maximum Gasteiger partial charge on any atom is 0.349 e. The van der Waals surface area contributed by atoms with Gasteiger partial charge in [0.15, 0.2) is 12.4 Å². The standard InChI is InChI=1S/C22H22FNO6S2/c1-29-12-16-20-17(23)4-3-5-19(20)31-21(16)22(26)30-13-18(25)15-8-6-14(7-9-15)10-11-24-32(2,27)28/h3-9,24H,10-13H2,1-2H3. The summed E-state index contributed by atoms with van der Waals surface area (Å²) in [5.41, 5.74) is 1.61. The predicted octanol–water partition coefficient (Wildman–Crippen LogP) is 3.32. The number of halogens is 1. The molecular formula is C22H22FNO6S2. The van der Waals surface area contributed by atoms with Gasteiger partial charge in [-0.05, 0) is 24.1 Å². The summed E-state index contributed by atoms with van der Waals surface area (Å²) in [6.07, 6.45) is 1.56. The Balaban J connectivity index is 1.64. The van der Waals surface area contributed by atoms with Gasteiger partial charge in [0.1, 0.15) is 10.7 Å². The Morgan fingerprint density at radius 3 is 2.50 bits per heavy atom. The van der Waals surface area contributed by atoms with Crippen LogP contribution in [0.25, 0.3) is 10.1 Å². The average Bonchev–Trinajstić information content (AvgIpc) is 3.11. The molecule has 0 atom stereocenters. The first-order chi connectivity index (χ1) is 15.2. The van der Waals surface area contributed by atoms with E-state index in [-0.39, 0.29) is 23.8 Å². The highest BCUT2D eigenvalue weighted by Gasteiger charge is 2.22. The number of carbonyl (C=O) groups excluding carboxylic acids is 2. The van der Waals surface area contributed by atoms with Gasteiger partial charge in [-0.25, -0.2) is 22.3 Å². The summed E-state index contributed by atoms with van der Waals surface area (Å²) in [5, 5.41) is 0.318. The maximum atomic E-state index is 14.3. The van der Waals surface area contributed by atoms with Crippen LogP contribution in [0.4, 0.5) is 4.39 Å². The number of Topliss-reactive ketones (excluding diaryl/α,β-unsaturated/α-hetero) is 1. The van der Waals surface area contributed by atoms with Crippen molar-refractivity contribution in [2.24, 2.45) is 0 Å². The van der Waals surface area contributed by atoms with Crippen molar-refractivity contribution in [3.8, 4) is 0 Å². The van der Waals surface area contributed by atoms with Gasteiger partial charge in [0.2, 0.25) is 10.0 Å². The number of hydrogen-bond acceptors (Lipinski definition) is 7. The molecule has 0 fully saturated rings. The molecule has 3 rings (SSSR count). The zero-order chi connectivity index (χ0) is 23.3. The number of ether oxygens (including phenoxy) is 2. The first kappa shape index (κ1) is 24.0. The van der Waals surface area contributed by atoms with Crippen LogP contribution in [-0.2, 0) is 32.5 Å². The van der Waals surface area contributed by atoms with Crippen LogP contribution in [0.2, 0.25) is 0 Å². The molecule has 0 saturated heterocycles. The molecule has 0 spiro atoms. The lowest BCUT2D eigenvalue weighted by Gasteiger charge is -2.07. The molecule has 1 heterocycles. The molecule has 0 radical (unpaired) electrons. The average molecular weight is 480 g/mol. The minimum atomic E-state index is -3.25. The molecule has 3 aromatic rings. The number of nitrogens with one attached hydrogen (secondary N) is 1. The third-order valence-electron chi connectivity index (χ3n) is 4.63. The number of sulfonamides is 1. The second kappa shape index (κ2) is 10.3. The van der Waals surface area contributed by atoms with Gasteiger partial charge in [0.25, 0.3) is 0 Å². The van der Waals surface area contributed by atoms with E-state index in [0.717, 1.165) is 23.2 Å². The van der Waals surface area contributed by atoms with E-state index in [4.69, 9.17) is 9.47 Å². The molecule has 1 N–H and O–H groups in total. The molecular weight excluding hydrogens is 457 g/mol. The van der Waals surface area contributed by atoms with E-state index in [2.05, 4.69) is 4.72 Å². The third kappa shape index (κ3) is 5.98. The predicted molar refractivity (Wildman–Crippen MR) is 120 cm³/mol. The normalized spacial score (nSPS) is 11.6. The van der Waals surface area contributed by atoms with Crippen molar-refractivity contribution >= 4 is 43.2 Å². The number of fused-ring (bicyclic) bond motifs is 1. The van der Waals surface area contributed by atoms with Crippen molar-refractivity contribution in [1.82, 2.24) is 4.72 Å². The number of methoxy groups -OCH3 is 1. The number of esters is 1. The first-order valence-electron chi connectivity index (χ1n) is 9.62. The number of thiophene rings is 1. The van der Waals surface area contributed by atoms with Crippen LogP contribution in [0.15, 0.2) is 42.5 Å². The quantitative estimate of drug-likeness (QED) is 0.354. The number of ketones is 1. The van der Waals surface area contributed by atoms with Crippen LogP contribution in [-0.4, -0.2) is 46.7 Å². The zero-order valence-corrected chi connectivity index (χ0v) is 19.1. The molecule has 10 heteroatoms. The van der Waals surface area contributed by atoms with Gasteiger partial charge >= 0.3 is 5.97 Å². The van der Waals surface area contributed by atoms with Gasteiger partial charge in [0, 0.05) is 34.9 Å². The smallest absolute Gasteiger partial charge is 0.349 e. The van der Waals surface area contributed by atoms with E-state index in [9.17, 15) is 22.4 Å². The lowest BCUT2D eigenvalue weighted by molar-refractivity contribution is 0.0476. The fraction of sp³-hybridized carbons (Fsp3) is 0.273. The molecule has 0 aliphatic carbocycles. The van der Waals surface area contributed by atoms with Gasteiger partial charge in [-0.2, -0.15) is 0 Å². The molecule has 2 aromatic carbocycles. The minimum Gasteiger partial charge on any atom is -0.453 e. The lowest BCUT2D eigenvalue weighted by Crippen LogP contribution is -2.24. The van der Waals surface area contributed by atoms with E-state index < -0.39 is 28.4 Å². The van der Waals surface area contributed by atoms with E-state index in [0.29, 0.717) is 27.6 Å². The van der Waals surface area contributed by atoms with Crippen LogP contribution in [0.3, 0.4) is 0 Å². The molecule has 170 valence electrons. The molecule has 0 aliphatic rings. The van der Waals surface area contributed by atoms with Crippen LogP contribution >= 0.6 is 11.3 Å². The summed E-state index contributed by atoms with van der Waals surface area (Å²) >= 11 is 1.09. The molecule has 0 saturated carbocycles. The second-order valence-electron chi connectivity index (χ2n) is 7.07. The molecule has 0 aliphatic heterocycles. The summed E-state index contributed by atoms with van der Waals surface area (Å²) in [7, 11) is -1.80. The molecule has 0 bridgehead atoms. The second-order valence-corrected chi connectivity index (χ2v) is 9.95. The third-order valence-corrected chi connectivity index (χ3v) is 6.53. The van der Waals surface area contributed by atoms with E-state index in [1.54, 1.807) is 36.4 Å². The number of hydrogen-bond donors (Lipinski definition) is 1. The first-order valence-corrected chi connectivity index (χ1v) is 12.3. The Morgan fingerprint density at radius 1 is 1.12 bits per heavy atom. The summed E-state index contributed by atoms with van der Waals surface area (Å²) in [4.78, 5) is 25.2. The summed E-state index contributed by atoms with van der Waals surface area (Å²) in [5.74, 6) is -1.55. The zero-order valence-electron chi connectivity index (χ0n) is 17.5. The highest BCUT2D eigenvalue weighted by atomic mass is 32.2. The van der Waals surface area contributed by atoms with E-state index in [1.165, 1.54) is 13.2 Å².